The summed E-state index contributed by atoms with van der Waals surface area (Å²) >= 11 is 0. The number of nitrogens with zero attached hydrogens (tertiary/aromatic N) is 4. The number of rotatable bonds is 20. The van der Waals surface area contributed by atoms with E-state index in [1.165, 1.54) is 67.4 Å². The number of benzene rings is 2. The van der Waals surface area contributed by atoms with Gasteiger partial charge in [0.1, 0.15) is 0 Å². The lowest BCUT2D eigenvalue weighted by molar-refractivity contribution is 0.476. The Hall–Kier alpha value is -8.08. The zero-order valence-electron chi connectivity index (χ0n) is 54.0. The summed E-state index contributed by atoms with van der Waals surface area (Å²) < 4.78 is 0. The third kappa shape index (κ3) is 24.5. The van der Waals surface area contributed by atoms with Gasteiger partial charge in [-0.15, -0.1) is 0 Å². The van der Waals surface area contributed by atoms with Crippen LogP contribution in [0.25, 0.3) is 5.57 Å². The summed E-state index contributed by atoms with van der Waals surface area (Å²) in [5.41, 5.74) is 18.5. The van der Waals surface area contributed by atoms with Gasteiger partial charge in [0.05, 0.1) is 0 Å². The van der Waals surface area contributed by atoms with Gasteiger partial charge in [-0.05, 0) is 166 Å². The maximum Gasteiger partial charge on any atom is 0.0485 e. The molecule has 3 aliphatic carbocycles. The second kappa shape index (κ2) is 41.8. The van der Waals surface area contributed by atoms with Gasteiger partial charge >= 0.3 is 0 Å². The van der Waals surface area contributed by atoms with Gasteiger partial charge in [-0.25, -0.2) is 0 Å². The molecule has 0 radical (unpaired) electrons. The van der Waals surface area contributed by atoms with Crippen molar-refractivity contribution in [3.8, 4) is 0 Å². The maximum atomic E-state index is 4.10. The molecule has 4 nitrogen and oxygen atoms in total. The van der Waals surface area contributed by atoms with Gasteiger partial charge in [-0.1, -0.05) is 236 Å². The highest BCUT2D eigenvalue weighted by Gasteiger charge is 2.25. The van der Waals surface area contributed by atoms with Crippen LogP contribution in [0, 0.1) is 5.92 Å². The Morgan fingerprint density at radius 2 is 1.45 bits per heavy atom. The predicted octanol–water partition coefficient (Wildman–Crippen LogP) is 21.8. The smallest absolute Gasteiger partial charge is 0.0485 e. The maximum absolute atomic E-state index is 4.10. The van der Waals surface area contributed by atoms with Gasteiger partial charge in [-0.3, -0.25) is 0 Å². The topological polar surface area (TPSA) is 13.0 Å². The molecule has 6 rings (SSSR count). The van der Waals surface area contributed by atoms with Crippen molar-refractivity contribution < 1.29 is 0 Å². The van der Waals surface area contributed by atoms with Crippen molar-refractivity contribution in [3.05, 3.63) is 317 Å². The molecule has 0 saturated heterocycles. The number of allylic oxidation sites excluding steroid dienone is 36. The fourth-order valence-electron chi connectivity index (χ4n) is 9.20. The van der Waals surface area contributed by atoms with Crippen molar-refractivity contribution in [2.45, 2.75) is 109 Å². The van der Waals surface area contributed by atoms with Gasteiger partial charge in [-0.2, -0.15) is 0 Å². The van der Waals surface area contributed by atoms with Crippen LogP contribution in [-0.2, 0) is 0 Å². The molecular weight excluding hydrogens is 1000 g/mol. The molecule has 440 valence electrons. The minimum Gasteiger partial charge on any atom is -0.381 e. The average molecular weight is 1110 g/mol. The first-order chi connectivity index (χ1) is 40.4. The predicted molar refractivity (Wildman–Crippen MR) is 375 cm³/mol. The standard InChI is InChI=1S/C59H67N3.C14H19N.3C2H6/c1-10-14-16-19-30-51(27-15-11-2)47(6)44-61(9)56-36-38-57(39-37-56)62-45-55(59(48(62)7)41-46(5)50-28-20-17-21-29-50)42-49(13-4)52(26-12-3)34-25-40-60(8)58-35-24-33-53-31-22-18-23-32-54(53)43-58;1-4-5-6-9-13-10-7-8-11-14(12-13)15(2)3;3*1-2/h10-15,17,19-39,41-44,54H,3,16,18,40,45H2,1-2,4-9H3;4-9,11H,1,10,12H2,2-3H3;3*1-2H3/b14-10-,15-11-,30-19-,34-25-,46-41+,47-44+,49-13+,51-27-,52-26+,55-42+;6-5-,13-9-;;;. The van der Waals surface area contributed by atoms with Crippen molar-refractivity contribution in [1.29, 1.82) is 0 Å². The van der Waals surface area contributed by atoms with Crippen LogP contribution in [0.1, 0.15) is 114 Å². The Bertz CT molecular complexity index is 2970. The Balaban J connectivity index is 0.000000952. The first-order valence-electron chi connectivity index (χ1n) is 30.3. The highest BCUT2D eigenvalue weighted by molar-refractivity contribution is 5.74. The van der Waals surface area contributed by atoms with Crippen molar-refractivity contribution >= 4 is 16.9 Å². The molecule has 4 aliphatic rings. The summed E-state index contributed by atoms with van der Waals surface area (Å²) in [7, 11) is 8.46. The van der Waals surface area contributed by atoms with Crippen molar-refractivity contribution in [1.82, 2.24) is 9.80 Å². The molecule has 0 aromatic heterocycles. The number of hydrogen-bond donors (Lipinski definition) is 0. The zero-order chi connectivity index (χ0) is 61.4. The number of hydrogen-bond acceptors (Lipinski definition) is 4. The quantitative estimate of drug-likeness (QED) is 0.0968. The Labute approximate surface area is 507 Å². The third-order valence-electron chi connectivity index (χ3n) is 13.7. The molecule has 0 N–H and O–H groups in total. The molecule has 1 atom stereocenters. The molecule has 83 heavy (non-hydrogen) atoms. The van der Waals surface area contributed by atoms with E-state index < -0.39 is 0 Å². The van der Waals surface area contributed by atoms with Gasteiger partial charge in [0.25, 0.3) is 0 Å². The summed E-state index contributed by atoms with van der Waals surface area (Å²) in [6.07, 6.45) is 69.2. The van der Waals surface area contributed by atoms with Crippen molar-refractivity contribution in [2.75, 3.05) is 51.1 Å². The van der Waals surface area contributed by atoms with E-state index in [0.717, 1.165) is 55.6 Å². The number of likely N-dealkylation sites (N-methyl/N-ethyl adjacent to an activating group) is 1. The van der Waals surface area contributed by atoms with E-state index in [4.69, 9.17) is 0 Å². The third-order valence-corrected chi connectivity index (χ3v) is 13.7. The van der Waals surface area contributed by atoms with Crippen molar-refractivity contribution in [2.24, 2.45) is 5.92 Å². The molecule has 0 amide bonds. The lowest BCUT2D eigenvalue weighted by Gasteiger charge is -2.22. The normalized spacial score (nSPS) is 17.6. The summed E-state index contributed by atoms with van der Waals surface area (Å²) in [5, 5.41) is 0. The first-order valence-corrected chi connectivity index (χ1v) is 30.3. The summed E-state index contributed by atoms with van der Waals surface area (Å²) in [5.74, 6) is 0.287. The van der Waals surface area contributed by atoms with Crippen LogP contribution < -0.4 is 9.80 Å². The van der Waals surface area contributed by atoms with Crippen LogP contribution in [0.5, 0.6) is 0 Å². The Morgan fingerprint density at radius 3 is 2.11 bits per heavy atom. The van der Waals surface area contributed by atoms with E-state index in [1.54, 1.807) is 6.08 Å². The molecule has 1 aliphatic heterocycles. The van der Waals surface area contributed by atoms with Crippen LogP contribution in [-0.4, -0.2) is 51.1 Å². The molecule has 1 heterocycles. The second-order valence-corrected chi connectivity index (χ2v) is 19.6. The van der Waals surface area contributed by atoms with Gasteiger partial charge in [0, 0.05) is 88.3 Å². The fraction of sp³-hybridized carbons (Fsp3) is 0.291. The van der Waals surface area contributed by atoms with Gasteiger partial charge < -0.3 is 19.6 Å². The molecule has 1 unspecified atom stereocenters. The van der Waals surface area contributed by atoms with E-state index in [1.807, 2.05) is 53.7 Å². The largest absolute Gasteiger partial charge is 0.381 e. The van der Waals surface area contributed by atoms with Crippen LogP contribution >= 0.6 is 0 Å². The Kier molecular flexibility index (Phi) is 35.8. The second-order valence-electron chi connectivity index (χ2n) is 19.6. The lowest BCUT2D eigenvalue weighted by atomic mass is 9.96. The van der Waals surface area contributed by atoms with E-state index in [9.17, 15) is 0 Å². The fourth-order valence-corrected chi connectivity index (χ4v) is 9.20. The van der Waals surface area contributed by atoms with Crippen LogP contribution in [0.4, 0.5) is 11.4 Å². The molecule has 0 spiro atoms. The van der Waals surface area contributed by atoms with Gasteiger partial charge in [0.15, 0.2) is 0 Å². The highest BCUT2D eigenvalue weighted by Crippen LogP contribution is 2.37. The lowest BCUT2D eigenvalue weighted by Crippen LogP contribution is -2.18. The summed E-state index contributed by atoms with van der Waals surface area (Å²) in [6, 6.07) is 19.6. The van der Waals surface area contributed by atoms with E-state index in [0.29, 0.717) is 0 Å². The molecular formula is C79H104N4. The zero-order valence-corrected chi connectivity index (χ0v) is 54.0. The molecule has 2 aromatic rings. The van der Waals surface area contributed by atoms with Crippen molar-refractivity contribution in [3.63, 3.8) is 0 Å². The van der Waals surface area contributed by atoms with E-state index >= 15 is 0 Å². The SMILES string of the molecule is C=C/C=C(\C=C/CN(C)C1=CC2C=CCC=CC2=CC=C1)C(/C=C1\CN(c2ccc(N(C)/C=C(C)/C(/C=C\C/C=C\C)=C\C=C/C)cc2)C(C)=C1/C=C(\C)c1ccccc1)=C/C.C=C/C=C\C=C1\CC=CC=C(N(C)C)C1.CC.CC.CC. The van der Waals surface area contributed by atoms with Crippen LogP contribution in [0.3, 0.4) is 0 Å². The summed E-state index contributed by atoms with van der Waals surface area (Å²) in [4.78, 5) is 9.13. The number of anilines is 2. The molecule has 0 bridgehead atoms. The molecule has 0 saturated carbocycles. The molecule has 4 heteroatoms. The van der Waals surface area contributed by atoms with Crippen LogP contribution in [0.15, 0.2) is 312 Å². The minimum atomic E-state index is 0.287. The van der Waals surface area contributed by atoms with E-state index in [2.05, 4.69) is 321 Å². The monoisotopic (exact) mass is 1110 g/mol. The average Bonchev–Trinajstić information content (AvgIpc) is 4.08. The van der Waals surface area contributed by atoms with E-state index in [-0.39, 0.29) is 5.92 Å². The summed E-state index contributed by atoms with van der Waals surface area (Å²) in [6.45, 7) is 34.2. The number of fused-ring (bicyclic) bond motifs is 1. The first kappa shape index (κ1) is 71.0. The molecule has 0 fully saturated rings. The Morgan fingerprint density at radius 1 is 0.723 bits per heavy atom. The van der Waals surface area contributed by atoms with Gasteiger partial charge in [0.2, 0.25) is 0 Å². The van der Waals surface area contributed by atoms with Crippen LogP contribution in [0.2, 0.25) is 0 Å². The molecule has 2 aromatic carbocycles. The minimum absolute atomic E-state index is 0.287. The highest BCUT2D eigenvalue weighted by atomic mass is 15.2.